The second-order valence-corrected chi connectivity index (χ2v) is 4.61. The van der Waals surface area contributed by atoms with Crippen molar-refractivity contribution in [2.45, 2.75) is 0 Å². The Balaban J connectivity index is 2.68. The minimum atomic E-state index is -1.14. The first-order valence-corrected chi connectivity index (χ1v) is 5.73. The lowest BCUT2D eigenvalue weighted by molar-refractivity contribution is 0.0688. The van der Waals surface area contributed by atoms with Gasteiger partial charge < -0.3 is 9.67 Å². The summed E-state index contributed by atoms with van der Waals surface area (Å²) >= 11 is 8.81. The quantitative estimate of drug-likeness (QED) is 0.916. The van der Waals surface area contributed by atoms with Crippen molar-refractivity contribution in [2.24, 2.45) is 0 Å². The van der Waals surface area contributed by atoms with Gasteiger partial charge in [0.25, 0.3) is 0 Å². The first-order valence-electron chi connectivity index (χ1n) is 4.56. The van der Waals surface area contributed by atoms with Crippen LogP contribution >= 0.6 is 27.5 Å². The topological polar surface area (TPSA) is 42.2 Å². The fourth-order valence-electron chi connectivity index (χ4n) is 1.47. The first kappa shape index (κ1) is 12.1. The average Bonchev–Trinajstić information content (AvgIpc) is 2.64. The van der Waals surface area contributed by atoms with E-state index in [1.165, 1.54) is 29.0 Å². The monoisotopic (exact) mass is 317 g/mol. The van der Waals surface area contributed by atoms with E-state index in [0.717, 1.165) is 0 Å². The van der Waals surface area contributed by atoms with Gasteiger partial charge >= 0.3 is 5.97 Å². The van der Waals surface area contributed by atoms with E-state index in [1.807, 2.05) is 0 Å². The highest BCUT2D eigenvalue weighted by atomic mass is 79.9. The van der Waals surface area contributed by atoms with Gasteiger partial charge in [-0.1, -0.05) is 17.7 Å². The summed E-state index contributed by atoms with van der Waals surface area (Å²) in [7, 11) is 0. The van der Waals surface area contributed by atoms with Gasteiger partial charge in [-0.15, -0.1) is 0 Å². The van der Waals surface area contributed by atoms with Crippen molar-refractivity contribution < 1.29 is 14.3 Å². The van der Waals surface area contributed by atoms with Crippen LogP contribution in [0.2, 0.25) is 5.02 Å². The molecule has 0 fully saturated rings. The fraction of sp³-hybridized carbons (Fsp3) is 0. The van der Waals surface area contributed by atoms with Crippen LogP contribution in [0.15, 0.2) is 34.9 Å². The number of carbonyl (C=O) groups is 1. The Labute approximate surface area is 110 Å². The molecule has 0 aliphatic carbocycles. The van der Waals surface area contributed by atoms with E-state index in [1.54, 1.807) is 6.07 Å². The van der Waals surface area contributed by atoms with E-state index in [4.69, 9.17) is 16.7 Å². The van der Waals surface area contributed by atoms with Gasteiger partial charge in [0.1, 0.15) is 5.69 Å². The summed E-state index contributed by atoms with van der Waals surface area (Å²) in [6, 6.07) is 5.81. The molecule has 1 heterocycles. The molecule has 0 atom stereocenters. The van der Waals surface area contributed by atoms with Gasteiger partial charge in [-0.2, -0.15) is 0 Å². The number of carboxylic acids is 1. The number of hydrogen-bond acceptors (Lipinski definition) is 1. The number of aromatic nitrogens is 1. The highest BCUT2D eigenvalue weighted by molar-refractivity contribution is 9.10. The molecule has 0 unspecified atom stereocenters. The van der Waals surface area contributed by atoms with Gasteiger partial charge in [-0.05, 0) is 34.1 Å². The Morgan fingerprint density at radius 1 is 1.47 bits per heavy atom. The second-order valence-electron chi connectivity index (χ2n) is 3.29. The van der Waals surface area contributed by atoms with Crippen molar-refractivity contribution in [1.82, 2.24) is 4.57 Å². The number of benzene rings is 1. The molecule has 1 aromatic heterocycles. The van der Waals surface area contributed by atoms with Gasteiger partial charge in [0.05, 0.1) is 10.7 Å². The molecule has 3 nitrogen and oxygen atoms in total. The van der Waals surface area contributed by atoms with Gasteiger partial charge in [0.2, 0.25) is 0 Å². The lowest BCUT2D eigenvalue weighted by Gasteiger charge is -2.08. The van der Waals surface area contributed by atoms with Crippen LogP contribution in [-0.2, 0) is 0 Å². The lowest BCUT2D eigenvalue weighted by atomic mass is 10.3. The minimum Gasteiger partial charge on any atom is -0.477 e. The molecule has 1 aromatic carbocycles. The highest BCUT2D eigenvalue weighted by Gasteiger charge is 2.16. The summed E-state index contributed by atoms with van der Waals surface area (Å²) < 4.78 is 15.6. The van der Waals surface area contributed by atoms with Crippen molar-refractivity contribution in [3.05, 3.63) is 51.5 Å². The van der Waals surface area contributed by atoms with Crippen LogP contribution in [0.25, 0.3) is 5.69 Å². The third kappa shape index (κ3) is 2.21. The summed E-state index contributed by atoms with van der Waals surface area (Å²) in [6.45, 7) is 0. The molecule has 2 rings (SSSR count). The van der Waals surface area contributed by atoms with Crippen LogP contribution in [0.1, 0.15) is 10.5 Å². The third-order valence-electron chi connectivity index (χ3n) is 2.20. The SMILES string of the molecule is O=C(O)c1cc(Br)cn1-c1cccc(Cl)c1F. The summed E-state index contributed by atoms with van der Waals surface area (Å²) in [5, 5.41) is 8.95. The zero-order valence-electron chi connectivity index (χ0n) is 8.32. The van der Waals surface area contributed by atoms with Crippen LogP contribution in [0.5, 0.6) is 0 Å². The molecule has 1 N–H and O–H groups in total. The minimum absolute atomic E-state index is 0.0435. The van der Waals surface area contributed by atoms with Crippen molar-refractivity contribution >= 4 is 33.5 Å². The summed E-state index contributed by atoms with van der Waals surface area (Å²) in [6.07, 6.45) is 1.47. The predicted octanol–water partition coefficient (Wildman–Crippen LogP) is 3.73. The van der Waals surface area contributed by atoms with E-state index in [0.29, 0.717) is 4.47 Å². The van der Waals surface area contributed by atoms with Crippen LogP contribution in [0.4, 0.5) is 4.39 Å². The Morgan fingerprint density at radius 3 is 2.82 bits per heavy atom. The molecule has 0 aliphatic heterocycles. The predicted molar refractivity (Wildman–Crippen MR) is 65.4 cm³/mol. The summed E-state index contributed by atoms with van der Waals surface area (Å²) in [4.78, 5) is 11.0. The smallest absolute Gasteiger partial charge is 0.352 e. The molecule has 2 aromatic rings. The largest absolute Gasteiger partial charge is 0.477 e. The van der Waals surface area contributed by atoms with Crippen molar-refractivity contribution in [2.75, 3.05) is 0 Å². The highest BCUT2D eigenvalue weighted by Crippen LogP contribution is 2.25. The van der Waals surface area contributed by atoms with Crippen molar-refractivity contribution in [3.8, 4) is 5.69 Å². The maximum atomic E-state index is 13.8. The van der Waals surface area contributed by atoms with Crippen LogP contribution in [0, 0.1) is 5.82 Å². The van der Waals surface area contributed by atoms with Gasteiger partial charge in [0, 0.05) is 10.7 Å². The molecule has 0 saturated carbocycles. The van der Waals surface area contributed by atoms with E-state index < -0.39 is 11.8 Å². The van der Waals surface area contributed by atoms with Crippen molar-refractivity contribution in [3.63, 3.8) is 0 Å². The van der Waals surface area contributed by atoms with E-state index in [9.17, 15) is 9.18 Å². The zero-order chi connectivity index (χ0) is 12.6. The zero-order valence-corrected chi connectivity index (χ0v) is 10.7. The summed E-state index contributed by atoms with van der Waals surface area (Å²) in [5.74, 6) is -1.80. The number of hydrogen-bond donors (Lipinski definition) is 1. The van der Waals surface area contributed by atoms with Crippen LogP contribution < -0.4 is 0 Å². The van der Waals surface area contributed by atoms with E-state index in [2.05, 4.69) is 15.9 Å². The third-order valence-corrected chi connectivity index (χ3v) is 2.92. The molecule has 6 heteroatoms. The molecule has 0 amide bonds. The average molecular weight is 319 g/mol. The molecular formula is C11H6BrClFNO2. The maximum absolute atomic E-state index is 13.8. The standard InChI is InChI=1S/C11H6BrClFNO2/c12-6-4-9(11(16)17)15(5-6)8-3-1-2-7(13)10(8)14/h1-5H,(H,16,17). The molecule has 0 saturated heterocycles. The Kier molecular flexibility index (Phi) is 3.22. The molecular weight excluding hydrogens is 312 g/mol. The molecule has 0 aliphatic rings. The van der Waals surface area contributed by atoms with Crippen LogP contribution in [-0.4, -0.2) is 15.6 Å². The Morgan fingerprint density at radius 2 is 2.18 bits per heavy atom. The first-order chi connectivity index (χ1) is 8.00. The lowest BCUT2D eigenvalue weighted by Crippen LogP contribution is -2.07. The number of aromatic carboxylic acids is 1. The number of halogens is 3. The molecule has 88 valence electrons. The van der Waals surface area contributed by atoms with E-state index in [-0.39, 0.29) is 16.4 Å². The maximum Gasteiger partial charge on any atom is 0.352 e. The Bertz CT molecular complexity index is 597. The second kappa shape index (κ2) is 4.50. The van der Waals surface area contributed by atoms with E-state index >= 15 is 0 Å². The van der Waals surface area contributed by atoms with Crippen molar-refractivity contribution in [1.29, 1.82) is 0 Å². The van der Waals surface area contributed by atoms with Gasteiger partial charge in [-0.25, -0.2) is 9.18 Å². The molecule has 0 spiro atoms. The van der Waals surface area contributed by atoms with Gasteiger partial charge in [0.15, 0.2) is 5.82 Å². The van der Waals surface area contributed by atoms with Gasteiger partial charge in [-0.3, -0.25) is 0 Å². The number of rotatable bonds is 2. The molecule has 17 heavy (non-hydrogen) atoms. The van der Waals surface area contributed by atoms with Crippen LogP contribution in [0.3, 0.4) is 0 Å². The molecule has 0 radical (unpaired) electrons. The molecule has 0 bridgehead atoms. The number of nitrogens with zero attached hydrogens (tertiary/aromatic N) is 1. The Hall–Kier alpha value is -1.33. The fourth-order valence-corrected chi connectivity index (χ4v) is 2.06. The normalized spacial score (nSPS) is 10.5. The summed E-state index contributed by atoms with van der Waals surface area (Å²) in [5.41, 5.74) is 0.0543. The number of carboxylic acid groups (broad SMARTS) is 1.